The summed E-state index contributed by atoms with van der Waals surface area (Å²) in [6, 6.07) is 8.20. The van der Waals surface area contributed by atoms with Crippen LogP contribution in [0, 0.1) is 10.1 Å². The summed E-state index contributed by atoms with van der Waals surface area (Å²) in [6.07, 6.45) is 1.23. The SMILES string of the molecule is O=C(Cc1ccc([N+](=O)[O-])cc1)NN=Cc1cc(Br)c(O)cc1O. The summed E-state index contributed by atoms with van der Waals surface area (Å²) in [6.45, 7) is 0. The van der Waals surface area contributed by atoms with Crippen LogP contribution in [-0.2, 0) is 11.2 Å². The lowest BCUT2D eigenvalue weighted by Gasteiger charge is -2.03. The Morgan fingerprint density at radius 1 is 1.25 bits per heavy atom. The van der Waals surface area contributed by atoms with Crippen molar-refractivity contribution in [3.05, 3.63) is 62.1 Å². The maximum Gasteiger partial charge on any atom is 0.269 e. The highest BCUT2D eigenvalue weighted by Gasteiger charge is 2.07. The molecular weight excluding hydrogens is 382 g/mol. The number of hydrogen-bond acceptors (Lipinski definition) is 6. The van der Waals surface area contributed by atoms with Gasteiger partial charge in [0.1, 0.15) is 11.5 Å². The van der Waals surface area contributed by atoms with Crippen molar-refractivity contribution in [1.82, 2.24) is 5.43 Å². The van der Waals surface area contributed by atoms with E-state index in [2.05, 4.69) is 26.5 Å². The number of hydrogen-bond donors (Lipinski definition) is 3. The molecule has 0 radical (unpaired) electrons. The standard InChI is InChI=1S/C15H12BrN3O5/c16-12-6-10(13(20)7-14(12)21)8-17-18-15(22)5-9-1-3-11(4-2-9)19(23)24/h1-4,6-8,20-21H,5H2,(H,18,22). The molecule has 0 fully saturated rings. The molecule has 2 aromatic carbocycles. The lowest BCUT2D eigenvalue weighted by Crippen LogP contribution is -2.19. The Bertz CT molecular complexity index is 806. The van der Waals surface area contributed by atoms with Crippen LogP contribution in [0.15, 0.2) is 46.0 Å². The van der Waals surface area contributed by atoms with Gasteiger partial charge in [-0.2, -0.15) is 5.10 Å². The molecular formula is C15H12BrN3O5. The summed E-state index contributed by atoms with van der Waals surface area (Å²) in [7, 11) is 0. The second-order valence-electron chi connectivity index (χ2n) is 4.76. The number of non-ortho nitro benzene ring substituents is 1. The number of benzene rings is 2. The molecule has 0 aromatic heterocycles. The Labute approximate surface area is 144 Å². The lowest BCUT2D eigenvalue weighted by atomic mass is 10.1. The van der Waals surface area contributed by atoms with Gasteiger partial charge in [0.2, 0.25) is 5.91 Å². The third kappa shape index (κ3) is 4.53. The summed E-state index contributed by atoms with van der Waals surface area (Å²) in [5, 5.41) is 33.3. The van der Waals surface area contributed by atoms with E-state index in [1.807, 2.05) is 0 Å². The van der Waals surface area contributed by atoms with Crippen molar-refractivity contribution in [2.24, 2.45) is 5.10 Å². The van der Waals surface area contributed by atoms with Crippen LogP contribution in [0.2, 0.25) is 0 Å². The normalized spacial score (nSPS) is 10.7. The number of nitrogens with zero attached hydrogens (tertiary/aromatic N) is 2. The van der Waals surface area contributed by atoms with Crippen molar-refractivity contribution < 1.29 is 19.9 Å². The summed E-state index contributed by atoms with van der Waals surface area (Å²) in [5.74, 6) is -0.728. The average molecular weight is 394 g/mol. The Morgan fingerprint density at radius 2 is 1.92 bits per heavy atom. The minimum atomic E-state index is -0.517. The minimum Gasteiger partial charge on any atom is -0.507 e. The number of aromatic hydroxyl groups is 2. The van der Waals surface area contributed by atoms with Gasteiger partial charge in [0.15, 0.2) is 0 Å². The number of nitro groups is 1. The number of phenols is 2. The van der Waals surface area contributed by atoms with E-state index in [9.17, 15) is 25.1 Å². The fourth-order valence-corrected chi connectivity index (χ4v) is 2.16. The molecule has 0 atom stereocenters. The molecule has 0 spiro atoms. The van der Waals surface area contributed by atoms with Gasteiger partial charge in [-0.1, -0.05) is 12.1 Å². The zero-order valence-corrected chi connectivity index (χ0v) is 13.7. The zero-order chi connectivity index (χ0) is 17.7. The highest BCUT2D eigenvalue weighted by atomic mass is 79.9. The molecule has 0 aliphatic rings. The van der Waals surface area contributed by atoms with E-state index in [4.69, 9.17) is 0 Å². The Kier molecular flexibility index (Phi) is 5.48. The van der Waals surface area contributed by atoms with Crippen molar-refractivity contribution in [1.29, 1.82) is 0 Å². The first-order chi connectivity index (χ1) is 11.4. The molecule has 0 saturated heterocycles. The van der Waals surface area contributed by atoms with E-state index in [1.165, 1.54) is 36.5 Å². The van der Waals surface area contributed by atoms with Crippen LogP contribution in [0.25, 0.3) is 0 Å². The molecule has 2 aromatic rings. The summed E-state index contributed by atoms with van der Waals surface area (Å²) in [4.78, 5) is 21.8. The fraction of sp³-hybridized carbons (Fsp3) is 0.0667. The van der Waals surface area contributed by atoms with Gasteiger partial charge in [-0.3, -0.25) is 14.9 Å². The maximum absolute atomic E-state index is 11.8. The first-order valence-electron chi connectivity index (χ1n) is 6.63. The quantitative estimate of drug-likeness (QED) is 0.408. The summed E-state index contributed by atoms with van der Waals surface area (Å²) >= 11 is 3.10. The molecule has 0 bridgehead atoms. The number of nitrogens with one attached hydrogen (secondary N) is 1. The molecule has 0 heterocycles. The van der Waals surface area contributed by atoms with Gasteiger partial charge in [0.05, 0.1) is 22.0 Å². The number of halogens is 1. The average Bonchev–Trinajstić information content (AvgIpc) is 2.52. The highest BCUT2D eigenvalue weighted by molar-refractivity contribution is 9.10. The predicted molar refractivity (Wildman–Crippen MR) is 90.0 cm³/mol. The van der Waals surface area contributed by atoms with Crippen molar-refractivity contribution in [3.63, 3.8) is 0 Å². The molecule has 9 heteroatoms. The Morgan fingerprint density at radius 3 is 2.54 bits per heavy atom. The molecule has 124 valence electrons. The molecule has 1 amide bonds. The topological polar surface area (TPSA) is 125 Å². The van der Waals surface area contributed by atoms with Crippen LogP contribution < -0.4 is 5.43 Å². The molecule has 24 heavy (non-hydrogen) atoms. The van der Waals surface area contributed by atoms with Crippen LogP contribution >= 0.6 is 15.9 Å². The third-order valence-electron chi connectivity index (χ3n) is 3.00. The molecule has 3 N–H and O–H groups in total. The second-order valence-corrected chi connectivity index (χ2v) is 5.61. The summed E-state index contributed by atoms with van der Waals surface area (Å²) < 4.78 is 0.374. The fourth-order valence-electron chi connectivity index (χ4n) is 1.80. The first-order valence-corrected chi connectivity index (χ1v) is 7.43. The Balaban J connectivity index is 1.95. The number of carbonyl (C=O) groups excluding carboxylic acids is 1. The van der Waals surface area contributed by atoms with Gasteiger partial charge < -0.3 is 10.2 Å². The van der Waals surface area contributed by atoms with E-state index in [1.54, 1.807) is 0 Å². The van der Waals surface area contributed by atoms with Gasteiger partial charge in [0.25, 0.3) is 5.69 Å². The van der Waals surface area contributed by atoms with Gasteiger partial charge in [-0.05, 0) is 27.6 Å². The molecule has 0 unspecified atom stereocenters. The zero-order valence-electron chi connectivity index (χ0n) is 12.1. The van der Waals surface area contributed by atoms with Crippen LogP contribution in [0.1, 0.15) is 11.1 Å². The monoisotopic (exact) mass is 393 g/mol. The van der Waals surface area contributed by atoms with E-state index in [-0.39, 0.29) is 23.6 Å². The molecule has 2 rings (SSSR count). The summed E-state index contributed by atoms with van der Waals surface area (Å²) in [5.41, 5.74) is 3.14. The number of amides is 1. The van der Waals surface area contributed by atoms with Crippen LogP contribution in [0.3, 0.4) is 0 Å². The van der Waals surface area contributed by atoms with Gasteiger partial charge in [-0.15, -0.1) is 0 Å². The third-order valence-corrected chi connectivity index (χ3v) is 3.64. The minimum absolute atomic E-state index is 0.000584. The molecule has 0 aliphatic heterocycles. The van der Waals surface area contributed by atoms with Gasteiger partial charge in [0, 0.05) is 23.8 Å². The number of rotatable bonds is 5. The van der Waals surface area contributed by atoms with Crippen molar-refractivity contribution in [2.45, 2.75) is 6.42 Å². The Hall–Kier alpha value is -2.94. The number of phenolic OH excluding ortho intramolecular Hbond substituents is 2. The van der Waals surface area contributed by atoms with Crippen LogP contribution in [-0.4, -0.2) is 27.3 Å². The van der Waals surface area contributed by atoms with Crippen LogP contribution in [0.4, 0.5) is 5.69 Å². The lowest BCUT2D eigenvalue weighted by molar-refractivity contribution is -0.384. The first kappa shape index (κ1) is 17.4. The van der Waals surface area contributed by atoms with Crippen molar-refractivity contribution >= 4 is 33.7 Å². The second kappa shape index (κ2) is 7.55. The number of carbonyl (C=O) groups is 1. The molecule has 8 nitrogen and oxygen atoms in total. The smallest absolute Gasteiger partial charge is 0.269 e. The maximum atomic E-state index is 11.8. The molecule has 0 aliphatic carbocycles. The van der Waals surface area contributed by atoms with Gasteiger partial charge in [-0.25, -0.2) is 5.43 Å². The largest absolute Gasteiger partial charge is 0.507 e. The van der Waals surface area contributed by atoms with Crippen molar-refractivity contribution in [3.8, 4) is 11.5 Å². The number of hydrazone groups is 1. The highest BCUT2D eigenvalue weighted by Crippen LogP contribution is 2.30. The van der Waals surface area contributed by atoms with E-state index < -0.39 is 10.8 Å². The predicted octanol–water partition coefficient (Wildman–Crippen LogP) is 2.46. The van der Waals surface area contributed by atoms with Crippen LogP contribution in [0.5, 0.6) is 11.5 Å². The van der Waals surface area contributed by atoms with E-state index in [0.29, 0.717) is 15.6 Å². The van der Waals surface area contributed by atoms with E-state index >= 15 is 0 Å². The van der Waals surface area contributed by atoms with Gasteiger partial charge >= 0.3 is 0 Å². The van der Waals surface area contributed by atoms with E-state index in [0.717, 1.165) is 6.07 Å². The number of nitro benzene ring substituents is 1. The molecule has 0 saturated carbocycles. The van der Waals surface area contributed by atoms with Crippen molar-refractivity contribution in [2.75, 3.05) is 0 Å².